The minimum Gasteiger partial charge on any atom is -0.450 e. The van der Waals surface area contributed by atoms with Crippen LogP contribution >= 0.6 is 0 Å². The zero-order chi connectivity index (χ0) is 9.73. The Morgan fingerprint density at radius 1 is 1.62 bits per heavy atom. The molecule has 4 heteroatoms. The number of rotatable bonds is 5. The SMILES string of the molecule is CCCCOC(=O)NC1([C]=O)CC1. The first kappa shape index (κ1) is 10.0. The molecule has 1 aliphatic carbocycles. The Morgan fingerprint density at radius 3 is 2.77 bits per heavy atom. The van der Waals surface area contributed by atoms with E-state index >= 15 is 0 Å². The van der Waals surface area contributed by atoms with E-state index in [2.05, 4.69) is 5.32 Å². The minimum atomic E-state index is -0.719. The summed E-state index contributed by atoms with van der Waals surface area (Å²) in [4.78, 5) is 21.4. The van der Waals surface area contributed by atoms with Crippen LogP contribution in [-0.4, -0.2) is 24.5 Å². The molecule has 1 N–H and O–H groups in total. The maximum absolute atomic E-state index is 11.0. The van der Waals surface area contributed by atoms with E-state index in [0.29, 0.717) is 19.4 Å². The normalized spacial score (nSPS) is 17.6. The lowest BCUT2D eigenvalue weighted by Gasteiger charge is -2.09. The molecule has 1 fully saturated rings. The molecule has 1 radical (unpaired) electrons. The molecule has 0 aliphatic heterocycles. The number of hydrogen-bond donors (Lipinski definition) is 1. The van der Waals surface area contributed by atoms with Gasteiger partial charge >= 0.3 is 6.09 Å². The average molecular weight is 184 g/mol. The number of hydrogen-bond acceptors (Lipinski definition) is 3. The van der Waals surface area contributed by atoms with Crippen LogP contribution in [0.4, 0.5) is 4.79 Å². The quantitative estimate of drug-likeness (QED) is 0.652. The third-order valence-electron chi connectivity index (χ3n) is 2.02. The third kappa shape index (κ3) is 3.05. The summed E-state index contributed by atoms with van der Waals surface area (Å²) in [6, 6.07) is 0. The molecule has 0 saturated heterocycles. The fourth-order valence-electron chi connectivity index (χ4n) is 0.918. The molecule has 0 heterocycles. The first-order valence-corrected chi connectivity index (χ1v) is 4.57. The molecule has 1 amide bonds. The van der Waals surface area contributed by atoms with Crippen molar-refractivity contribution in [3.05, 3.63) is 0 Å². The van der Waals surface area contributed by atoms with Crippen LogP contribution in [0.3, 0.4) is 0 Å². The summed E-state index contributed by atoms with van der Waals surface area (Å²) >= 11 is 0. The molecule has 1 aliphatic rings. The van der Waals surface area contributed by atoms with Gasteiger partial charge in [-0.15, -0.1) is 0 Å². The van der Waals surface area contributed by atoms with Crippen molar-refractivity contribution in [2.45, 2.75) is 38.1 Å². The highest BCUT2D eigenvalue weighted by Gasteiger charge is 2.45. The van der Waals surface area contributed by atoms with E-state index in [1.54, 1.807) is 0 Å². The summed E-state index contributed by atoms with van der Waals surface area (Å²) in [5.41, 5.74) is -0.719. The summed E-state index contributed by atoms with van der Waals surface area (Å²) in [6.07, 6.45) is 4.50. The van der Waals surface area contributed by atoms with Crippen molar-refractivity contribution in [3.8, 4) is 0 Å². The minimum absolute atomic E-state index is 0.414. The van der Waals surface area contributed by atoms with Gasteiger partial charge in [-0.1, -0.05) is 13.3 Å². The third-order valence-corrected chi connectivity index (χ3v) is 2.02. The van der Waals surface area contributed by atoms with Gasteiger partial charge in [0.2, 0.25) is 6.29 Å². The van der Waals surface area contributed by atoms with Gasteiger partial charge in [0.25, 0.3) is 0 Å². The molecule has 0 aromatic carbocycles. The first-order chi connectivity index (χ1) is 6.22. The number of unbranched alkanes of at least 4 members (excludes halogenated alkanes) is 1. The second-order valence-corrected chi connectivity index (χ2v) is 3.30. The molecule has 0 unspecified atom stereocenters. The first-order valence-electron chi connectivity index (χ1n) is 4.57. The highest BCUT2D eigenvalue weighted by atomic mass is 16.5. The van der Waals surface area contributed by atoms with Gasteiger partial charge in [0.15, 0.2) is 0 Å². The van der Waals surface area contributed by atoms with Crippen LogP contribution in [-0.2, 0) is 9.53 Å². The second kappa shape index (κ2) is 4.25. The molecule has 0 aromatic rings. The van der Waals surface area contributed by atoms with Gasteiger partial charge < -0.3 is 10.1 Å². The topological polar surface area (TPSA) is 55.4 Å². The summed E-state index contributed by atoms with van der Waals surface area (Å²) < 4.78 is 4.83. The van der Waals surface area contributed by atoms with Crippen molar-refractivity contribution in [1.29, 1.82) is 0 Å². The van der Waals surface area contributed by atoms with Crippen molar-refractivity contribution in [2.75, 3.05) is 6.61 Å². The van der Waals surface area contributed by atoms with Crippen LogP contribution < -0.4 is 5.32 Å². The van der Waals surface area contributed by atoms with Gasteiger partial charge in [0, 0.05) is 0 Å². The number of ether oxygens (including phenoxy) is 1. The maximum atomic E-state index is 11.0. The van der Waals surface area contributed by atoms with Crippen LogP contribution in [0.2, 0.25) is 0 Å². The van der Waals surface area contributed by atoms with Gasteiger partial charge in [-0.3, -0.25) is 4.79 Å². The van der Waals surface area contributed by atoms with Crippen molar-refractivity contribution in [1.82, 2.24) is 5.32 Å². The van der Waals surface area contributed by atoms with Gasteiger partial charge in [0.05, 0.1) is 6.61 Å². The predicted octanol–water partition coefficient (Wildman–Crippen LogP) is 1.16. The average Bonchev–Trinajstić information content (AvgIpc) is 2.86. The second-order valence-electron chi connectivity index (χ2n) is 3.30. The molecule has 0 atom stereocenters. The van der Waals surface area contributed by atoms with Crippen LogP contribution in [0.1, 0.15) is 32.6 Å². The number of alkyl carbamates (subject to hydrolysis) is 1. The monoisotopic (exact) mass is 184 g/mol. The Hall–Kier alpha value is -1.06. The number of amides is 1. The van der Waals surface area contributed by atoms with Gasteiger partial charge in [-0.05, 0) is 19.3 Å². The fraction of sp³-hybridized carbons (Fsp3) is 0.778. The summed E-state index contributed by atoms with van der Waals surface area (Å²) in [5.74, 6) is 0. The van der Waals surface area contributed by atoms with Gasteiger partial charge in [-0.2, -0.15) is 0 Å². The van der Waals surface area contributed by atoms with Crippen molar-refractivity contribution in [3.63, 3.8) is 0 Å². The van der Waals surface area contributed by atoms with E-state index in [4.69, 9.17) is 4.74 Å². The van der Waals surface area contributed by atoms with Gasteiger partial charge in [-0.25, -0.2) is 4.79 Å². The Morgan fingerprint density at radius 2 is 2.31 bits per heavy atom. The Bertz CT molecular complexity index is 199. The molecule has 0 spiro atoms. The molecule has 0 aromatic heterocycles. The number of carbonyl (C=O) groups is 1. The van der Waals surface area contributed by atoms with Crippen molar-refractivity contribution in [2.24, 2.45) is 0 Å². The number of carbonyl (C=O) groups excluding carboxylic acids is 2. The van der Waals surface area contributed by atoms with Crippen LogP contribution in [0.5, 0.6) is 0 Å². The highest BCUT2D eigenvalue weighted by molar-refractivity contribution is 5.79. The lowest BCUT2D eigenvalue weighted by molar-refractivity contribution is 0.142. The molecule has 1 rings (SSSR count). The summed E-state index contributed by atoms with van der Waals surface area (Å²) in [5, 5.41) is 2.49. The lowest BCUT2D eigenvalue weighted by Crippen LogP contribution is -2.38. The molecule has 73 valence electrons. The van der Waals surface area contributed by atoms with E-state index in [9.17, 15) is 9.59 Å². The molecule has 13 heavy (non-hydrogen) atoms. The Kier molecular flexibility index (Phi) is 3.28. The van der Waals surface area contributed by atoms with Gasteiger partial charge in [0.1, 0.15) is 5.54 Å². The zero-order valence-electron chi connectivity index (χ0n) is 7.76. The van der Waals surface area contributed by atoms with E-state index in [1.807, 2.05) is 13.2 Å². The smallest absolute Gasteiger partial charge is 0.407 e. The largest absolute Gasteiger partial charge is 0.450 e. The zero-order valence-corrected chi connectivity index (χ0v) is 7.76. The number of nitrogens with one attached hydrogen (secondary N) is 1. The van der Waals surface area contributed by atoms with E-state index in [-0.39, 0.29) is 0 Å². The molecule has 4 nitrogen and oxygen atoms in total. The van der Waals surface area contributed by atoms with Crippen molar-refractivity contribution >= 4 is 12.4 Å². The Labute approximate surface area is 77.6 Å². The molecular formula is C9H14NO3. The van der Waals surface area contributed by atoms with Crippen LogP contribution in [0, 0.1) is 0 Å². The molecular weight excluding hydrogens is 170 g/mol. The van der Waals surface area contributed by atoms with Crippen LogP contribution in [0.25, 0.3) is 0 Å². The summed E-state index contributed by atoms with van der Waals surface area (Å²) in [7, 11) is 0. The summed E-state index contributed by atoms with van der Waals surface area (Å²) in [6.45, 7) is 2.43. The fourth-order valence-corrected chi connectivity index (χ4v) is 0.918. The van der Waals surface area contributed by atoms with E-state index in [0.717, 1.165) is 12.8 Å². The standard InChI is InChI=1S/C9H14NO3/c1-2-3-6-13-8(12)10-9(7-11)4-5-9/h2-6H2,1H3,(H,10,12). The highest BCUT2D eigenvalue weighted by Crippen LogP contribution is 2.32. The van der Waals surface area contributed by atoms with Crippen molar-refractivity contribution < 1.29 is 14.3 Å². The maximum Gasteiger partial charge on any atom is 0.407 e. The van der Waals surface area contributed by atoms with E-state index < -0.39 is 11.6 Å². The Balaban J connectivity index is 2.14. The van der Waals surface area contributed by atoms with Crippen LogP contribution in [0.15, 0.2) is 0 Å². The molecule has 1 saturated carbocycles. The predicted molar refractivity (Wildman–Crippen MR) is 47.1 cm³/mol. The van der Waals surface area contributed by atoms with E-state index in [1.165, 1.54) is 0 Å². The lowest BCUT2D eigenvalue weighted by atomic mass is 10.3. The molecule has 0 bridgehead atoms.